The number of furan rings is 1. The third-order valence-electron chi connectivity index (χ3n) is 1.93. The predicted molar refractivity (Wildman–Crippen MR) is 56.7 cm³/mol. The van der Waals surface area contributed by atoms with E-state index in [1.807, 2.05) is 12.1 Å². The fourth-order valence-corrected chi connectivity index (χ4v) is 2.29. The summed E-state index contributed by atoms with van der Waals surface area (Å²) in [5.41, 5.74) is 0.988. The lowest BCUT2D eigenvalue weighted by Crippen LogP contribution is -1.97. The van der Waals surface area contributed by atoms with Gasteiger partial charge < -0.3 is 9.52 Å². The highest BCUT2D eigenvalue weighted by atomic mass is 35.5. The molecule has 0 aliphatic carbocycles. The van der Waals surface area contributed by atoms with Gasteiger partial charge in [-0.15, -0.1) is 11.3 Å². The van der Waals surface area contributed by atoms with E-state index in [4.69, 9.17) is 16.0 Å². The molecule has 0 aliphatic heterocycles. The zero-order chi connectivity index (χ0) is 9.97. The maximum Gasteiger partial charge on any atom is 0.0935 e. The maximum atomic E-state index is 9.82. The normalized spacial score (nSPS) is 13.0. The molecular weight excluding hydrogens is 220 g/mol. The topological polar surface area (TPSA) is 33.4 Å². The average molecular weight is 229 g/mol. The molecule has 14 heavy (non-hydrogen) atoms. The van der Waals surface area contributed by atoms with Gasteiger partial charge in [-0.2, -0.15) is 0 Å². The molecule has 0 saturated heterocycles. The lowest BCUT2D eigenvalue weighted by molar-refractivity contribution is 0.182. The second-order valence-corrected chi connectivity index (χ2v) is 4.74. The number of hydrogen-bond acceptors (Lipinski definition) is 3. The highest BCUT2D eigenvalue weighted by Crippen LogP contribution is 2.28. The van der Waals surface area contributed by atoms with Crippen molar-refractivity contribution in [3.63, 3.8) is 0 Å². The van der Waals surface area contributed by atoms with Crippen molar-refractivity contribution >= 4 is 22.9 Å². The van der Waals surface area contributed by atoms with Crippen molar-refractivity contribution in [1.29, 1.82) is 0 Å². The third-order valence-corrected chi connectivity index (χ3v) is 3.26. The van der Waals surface area contributed by atoms with Crippen molar-refractivity contribution < 1.29 is 9.52 Å². The molecule has 1 N–H and O–H groups in total. The maximum absolute atomic E-state index is 9.82. The van der Waals surface area contributed by atoms with Crippen LogP contribution in [0.25, 0.3) is 0 Å². The zero-order valence-corrected chi connectivity index (χ0v) is 8.89. The summed E-state index contributed by atoms with van der Waals surface area (Å²) in [5, 5.41) is 9.82. The van der Waals surface area contributed by atoms with Crippen LogP contribution in [-0.4, -0.2) is 5.11 Å². The Balaban J connectivity index is 2.06. The predicted octanol–water partition coefficient (Wildman–Crippen LogP) is 3.27. The second-order valence-electron chi connectivity index (χ2n) is 2.99. The molecule has 74 valence electrons. The fraction of sp³-hybridized carbons (Fsp3) is 0.200. The van der Waals surface area contributed by atoms with E-state index in [2.05, 4.69) is 0 Å². The summed E-state index contributed by atoms with van der Waals surface area (Å²) in [7, 11) is 0. The van der Waals surface area contributed by atoms with Crippen LogP contribution in [0.1, 0.15) is 16.5 Å². The van der Waals surface area contributed by atoms with Crippen molar-refractivity contribution in [2.45, 2.75) is 12.5 Å². The summed E-state index contributed by atoms with van der Waals surface area (Å²) in [6.07, 6.45) is 3.31. The van der Waals surface area contributed by atoms with Crippen LogP contribution in [-0.2, 0) is 6.42 Å². The van der Waals surface area contributed by atoms with Crippen LogP contribution < -0.4 is 0 Å². The summed E-state index contributed by atoms with van der Waals surface area (Å²) in [4.78, 5) is 0.885. The van der Waals surface area contributed by atoms with E-state index in [1.54, 1.807) is 18.6 Å². The van der Waals surface area contributed by atoms with E-state index < -0.39 is 6.10 Å². The molecule has 4 heteroatoms. The monoisotopic (exact) mass is 228 g/mol. The van der Waals surface area contributed by atoms with E-state index in [-0.39, 0.29) is 0 Å². The Morgan fingerprint density at radius 1 is 1.43 bits per heavy atom. The molecule has 2 rings (SSSR count). The van der Waals surface area contributed by atoms with Crippen LogP contribution in [0.3, 0.4) is 0 Å². The third kappa shape index (κ3) is 2.18. The first kappa shape index (κ1) is 9.77. The SMILES string of the molecule is OC(Cc1ccoc1)c1ccc(Cl)s1. The van der Waals surface area contributed by atoms with E-state index in [0.717, 1.165) is 10.4 Å². The molecular formula is C10H9ClO2S. The lowest BCUT2D eigenvalue weighted by Gasteiger charge is -2.05. The Bertz CT molecular complexity index is 394. The first-order valence-corrected chi connectivity index (χ1v) is 5.39. The van der Waals surface area contributed by atoms with Crippen LogP contribution >= 0.6 is 22.9 Å². The van der Waals surface area contributed by atoms with Crippen LogP contribution in [0.15, 0.2) is 35.1 Å². The van der Waals surface area contributed by atoms with Crippen LogP contribution in [0.4, 0.5) is 0 Å². The standard InChI is InChI=1S/C10H9ClO2S/c11-10-2-1-9(14-10)8(12)5-7-3-4-13-6-7/h1-4,6,8,12H,5H2. The Kier molecular flexibility index (Phi) is 2.91. The highest BCUT2D eigenvalue weighted by molar-refractivity contribution is 7.16. The van der Waals surface area contributed by atoms with Crippen molar-refractivity contribution in [3.8, 4) is 0 Å². The van der Waals surface area contributed by atoms with Gasteiger partial charge in [-0.05, 0) is 23.8 Å². The number of aliphatic hydroxyl groups excluding tert-OH is 1. The number of aliphatic hydroxyl groups is 1. The van der Waals surface area contributed by atoms with Gasteiger partial charge in [0.05, 0.1) is 23.0 Å². The summed E-state index contributed by atoms with van der Waals surface area (Å²) in [5.74, 6) is 0. The van der Waals surface area contributed by atoms with Gasteiger partial charge in [-0.1, -0.05) is 11.6 Å². The Morgan fingerprint density at radius 3 is 2.86 bits per heavy atom. The molecule has 1 atom stereocenters. The van der Waals surface area contributed by atoms with E-state index >= 15 is 0 Å². The van der Waals surface area contributed by atoms with Crippen LogP contribution in [0.5, 0.6) is 0 Å². The Hall–Kier alpha value is -0.770. The number of halogens is 1. The molecule has 0 saturated carbocycles. The van der Waals surface area contributed by atoms with E-state index in [0.29, 0.717) is 10.8 Å². The largest absolute Gasteiger partial charge is 0.472 e. The van der Waals surface area contributed by atoms with Gasteiger partial charge in [-0.25, -0.2) is 0 Å². The molecule has 0 aromatic carbocycles. The summed E-state index contributed by atoms with van der Waals surface area (Å²) >= 11 is 7.18. The van der Waals surface area contributed by atoms with Gasteiger partial charge in [0, 0.05) is 11.3 Å². The molecule has 0 aliphatic rings. The van der Waals surface area contributed by atoms with Gasteiger partial charge in [-0.3, -0.25) is 0 Å². The van der Waals surface area contributed by atoms with Crippen molar-refractivity contribution in [3.05, 3.63) is 45.5 Å². The van der Waals surface area contributed by atoms with Gasteiger partial charge in [0.15, 0.2) is 0 Å². The lowest BCUT2D eigenvalue weighted by atomic mass is 10.1. The Labute approximate surface area is 90.8 Å². The minimum absolute atomic E-state index is 0.495. The summed E-state index contributed by atoms with van der Waals surface area (Å²) in [6, 6.07) is 5.48. The highest BCUT2D eigenvalue weighted by Gasteiger charge is 2.11. The molecule has 2 aromatic rings. The minimum atomic E-state index is -0.495. The molecule has 0 amide bonds. The molecule has 2 aromatic heterocycles. The number of thiophene rings is 1. The van der Waals surface area contributed by atoms with Crippen molar-refractivity contribution in [1.82, 2.24) is 0 Å². The van der Waals surface area contributed by atoms with Crippen molar-refractivity contribution in [2.24, 2.45) is 0 Å². The smallest absolute Gasteiger partial charge is 0.0935 e. The minimum Gasteiger partial charge on any atom is -0.472 e. The first-order chi connectivity index (χ1) is 6.75. The molecule has 0 fully saturated rings. The first-order valence-electron chi connectivity index (χ1n) is 4.20. The molecule has 0 radical (unpaired) electrons. The van der Waals surface area contributed by atoms with Gasteiger partial charge in [0.2, 0.25) is 0 Å². The fourth-order valence-electron chi connectivity index (χ4n) is 1.24. The molecule has 0 spiro atoms. The Morgan fingerprint density at radius 2 is 2.29 bits per heavy atom. The molecule has 2 heterocycles. The zero-order valence-electron chi connectivity index (χ0n) is 7.31. The van der Waals surface area contributed by atoms with E-state index in [9.17, 15) is 5.11 Å². The quantitative estimate of drug-likeness (QED) is 0.875. The summed E-state index contributed by atoms with van der Waals surface area (Å²) < 4.78 is 5.62. The van der Waals surface area contributed by atoms with E-state index in [1.165, 1.54) is 11.3 Å². The second kappa shape index (κ2) is 4.17. The number of hydrogen-bond donors (Lipinski definition) is 1. The molecule has 0 bridgehead atoms. The van der Waals surface area contributed by atoms with Crippen LogP contribution in [0, 0.1) is 0 Å². The van der Waals surface area contributed by atoms with Crippen LogP contribution in [0.2, 0.25) is 4.34 Å². The van der Waals surface area contributed by atoms with Gasteiger partial charge in [0.25, 0.3) is 0 Å². The number of rotatable bonds is 3. The van der Waals surface area contributed by atoms with Gasteiger partial charge >= 0.3 is 0 Å². The molecule has 2 nitrogen and oxygen atoms in total. The van der Waals surface area contributed by atoms with Crippen molar-refractivity contribution in [2.75, 3.05) is 0 Å². The average Bonchev–Trinajstić information content (AvgIpc) is 2.75. The van der Waals surface area contributed by atoms with Gasteiger partial charge in [0.1, 0.15) is 0 Å². The molecule has 1 unspecified atom stereocenters. The summed E-state index contributed by atoms with van der Waals surface area (Å²) in [6.45, 7) is 0.